The molecule has 0 aliphatic heterocycles. The molecule has 0 fully saturated rings. The van der Waals surface area contributed by atoms with Crippen molar-refractivity contribution in [3.05, 3.63) is 88.7 Å². The molecule has 2 aromatic carbocycles. The van der Waals surface area contributed by atoms with Crippen molar-refractivity contribution < 1.29 is 18.7 Å². The van der Waals surface area contributed by atoms with Gasteiger partial charge in [-0.1, -0.05) is 17.7 Å². The lowest BCUT2D eigenvalue weighted by atomic mass is 9.86. The number of hydrogen-bond donors (Lipinski definition) is 2. The maximum atomic E-state index is 14.8. The molecule has 0 spiro atoms. The Hall–Kier alpha value is -3.63. The van der Waals surface area contributed by atoms with Crippen molar-refractivity contribution in [2.45, 2.75) is 32.0 Å². The zero-order chi connectivity index (χ0) is 25.3. The van der Waals surface area contributed by atoms with Crippen molar-refractivity contribution in [3.8, 4) is 11.4 Å². The Morgan fingerprint density at radius 3 is 2.57 bits per heavy atom. The fraction of sp³-hybridized carbons (Fsp3) is 0.250. The number of nitrogens with one attached hydrogen (secondary N) is 1. The molecule has 0 saturated carbocycles. The van der Waals surface area contributed by atoms with Crippen molar-refractivity contribution in [3.63, 3.8) is 0 Å². The van der Waals surface area contributed by atoms with Crippen molar-refractivity contribution >= 4 is 17.5 Å². The average molecular weight is 501 g/mol. The van der Waals surface area contributed by atoms with Gasteiger partial charge in [0.15, 0.2) is 0 Å². The normalized spacial score (nSPS) is 13.9. The fourth-order valence-corrected chi connectivity index (χ4v) is 4.18. The SMILES string of the molecule is Cc1nc(-c2ccc(Cl)cc2)n(C)c1C(=O)N[C@H](C)[C@](O)(Cn1cncn1)c1ccc(F)cc1F. The molecule has 35 heavy (non-hydrogen) atoms. The van der Waals surface area contributed by atoms with Gasteiger partial charge in [0.2, 0.25) is 0 Å². The first-order chi connectivity index (χ1) is 16.6. The summed E-state index contributed by atoms with van der Waals surface area (Å²) in [6, 6.07) is 8.90. The molecule has 0 unspecified atom stereocenters. The number of benzene rings is 2. The van der Waals surface area contributed by atoms with Gasteiger partial charge in [-0.05, 0) is 44.2 Å². The van der Waals surface area contributed by atoms with E-state index in [1.165, 1.54) is 24.3 Å². The van der Waals surface area contributed by atoms with E-state index in [0.717, 1.165) is 17.7 Å². The Balaban J connectivity index is 1.67. The smallest absolute Gasteiger partial charge is 0.270 e. The molecular weight excluding hydrogens is 478 g/mol. The summed E-state index contributed by atoms with van der Waals surface area (Å²) in [5, 5.41) is 18.9. The minimum absolute atomic E-state index is 0.189. The average Bonchev–Trinajstić information content (AvgIpc) is 3.41. The number of amides is 1. The van der Waals surface area contributed by atoms with Crippen LogP contribution in [0.3, 0.4) is 0 Å². The largest absolute Gasteiger partial charge is 0.381 e. The lowest BCUT2D eigenvalue weighted by Crippen LogP contribution is -2.52. The molecule has 4 rings (SSSR count). The van der Waals surface area contributed by atoms with Gasteiger partial charge in [0.05, 0.1) is 18.3 Å². The Labute approximate surface area is 205 Å². The maximum absolute atomic E-state index is 14.8. The number of hydrogen-bond acceptors (Lipinski definition) is 5. The summed E-state index contributed by atoms with van der Waals surface area (Å²) < 4.78 is 31.3. The first-order valence-electron chi connectivity index (χ1n) is 10.7. The Kier molecular flexibility index (Phi) is 6.68. The van der Waals surface area contributed by atoms with E-state index < -0.39 is 29.2 Å². The molecule has 11 heteroatoms. The van der Waals surface area contributed by atoms with Crippen molar-refractivity contribution in [2.24, 2.45) is 7.05 Å². The third kappa shape index (κ3) is 4.80. The summed E-state index contributed by atoms with van der Waals surface area (Å²) in [4.78, 5) is 21.7. The van der Waals surface area contributed by atoms with E-state index in [4.69, 9.17) is 11.6 Å². The molecule has 1 amide bonds. The van der Waals surface area contributed by atoms with Crippen LogP contribution >= 0.6 is 11.6 Å². The number of aromatic nitrogens is 5. The van der Waals surface area contributed by atoms with Crippen LogP contribution in [0.5, 0.6) is 0 Å². The van der Waals surface area contributed by atoms with Gasteiger partial charge in [-0.25, -0.2) is 23.4 Å². The van der Waals surface area contributed by atoms with E-state index in [1.54, 1.807) is 42.8 Å². The summed E-state index contributed by atoms with van der Waals surface area (Å²) in [7, 11) is 1.70. The second kappa shape index (κ2) is 9.55. The predicted molar refractivity (Wildman–Crippen MR) is 126 cm³/mol. The highest BCUT2D eigenvalue weighted by Crippen LogP contribution is 2.31. The minimum atomic E-state index is -1.98. The van der Waals surface area contributed by atoms with E-state index in [-0.39, 0.29) is 17.8 Å². The van der Waals surface area contributed by atoms with Gasteiger partial charge in [0, 0.05) is 29.3 Å². The zero-order valence-corrected chi connectivity index (χ0v) is 20.0. The molecule has 2 aromatic heterocycles. The van der Waals surface area contributed by atoms with Gasteiger partial charge < -0.3 is 15.0 Å². The van der Waals surface area contributed by atoms with Gasteiger partial charge in [0.25, 0.3) is 5.91 Å². The molecule has 2 heterocycles. The number of aryl methyl sites for hydroxylation is 1. The van der Waals surface area contributed by atoms with Crippen LogP contribution in [0, 0.1) is 18.6 Å². The highest BCUT2D eigenvalue weighted by molar-refractivity contribution is 6.30. The lowest BCUT2D eigenvalue weighted by molar-refractivity contribution is -0.0187. The van der Waals surface area contributed by atoms with Gasteiger partial charge >= 0.3 is 0 Å². The van der Waals surface area contributed by atoms with Gasteiger partial charge in [-0.2, -0.15) is 5.10 Å². The van der Waals surface area contributed by atoms with Crippen LogP contribution in [0.25, 0.3) is 11.4 Å². The van der Waals surface area contributed by atoms with Crippen LogP contribution in [0.2, 0.25) is 5.02 Å². The number of rotatable bonds is 7. The molecule has 0 saturated heterocycles. The number of carbonyl (C=O) groups is 1. The van der Waals surface area contributed by atoms with E-state index in [2.05, 4.69) is 20.4 Å². The van der Waals surface area contributed by atoms with Crippen molar-refractivity contribution in [1.82, 2.24) is 29.6 Å². The molecule has 0 bridgehead atoms. The standard InChI is InChI=1S/C24H23ClF2N6O2/c1-14-21(32(3)22(30-14)16-4-6-17(25)7-5-16)23(34)31-15(2)24(35,11-33-13-28-12-29-33)19-9-8-18(26)10-20(19)27/h4-10,12-13,15,35H,11H2,1-3H3,(H,31,34)/t15-,24-/m1/s1. The van der Waals surface area contributed by atoms with Crippen molar-refractivity contribution in [1.29, 1.82) is 0 Å². The molecule has 0 radical (unpaired) electrons. The highest BCUT2D eigenvalue weighted by Gasteiger charge is 2.40. The first kappa shape index (κ1) is 24.5. The molecule has 0 aliphatic carbocycles. The fourth-order valence-electron chi connectivity index (χ4n) is 4.05. The Bertz CT molecular complexity index is 1360. The number of carbonyl (C=O) groups excluding carboxylic acids is 1. The third-order valence-corrected chi connectivity index (χ3v) is 6.17. The van der Waals surface area contributed by atoms with E-state index >= 15 is 0 Å². The number of nitrogens with zero attached hydrogens (tertiary/aromatic N) is 5. The number of imidazole rings is 1. The summed E-state index contributed by atoms with van der Waals surface area (Å²) in [5.74, 6) is -1.70. The van der Waals surface area contributed by atoms with Crippen LogP contribution in [-0.4, -0.2) is 41.4 Å². The molecule has 0 aliphatic rings. The first-order valence-corrected chi connectivity index (χ1v) is 11.1. The number of aliphatic hydroxyl groups is 1. The van der Waals surface area contributed by atoms with E-state index in [1.807, 2.05) is 0 Å². The number of halogens is 3. The van der Waals surface area contributed by atoms with E-state index in [9.17, 15) is 18.7 Å². The summed E-state index contributed by atoms with van der Waals surface area (Å²) >= 11 is 5.97. The topological polar surface area (TPSA) is 97.9 Å². The monoisotopic (exact) mass is 500 g/mol. The quantitative estimate of drug-likeness (QED) is 0.404. The van der Waals surface area contributed by atoms with Gasteiger partial charge in [-0.15, -0.1) is 0 Å². The third-order valence-electron chi connectivity index (χ3n) is 5.92. The van der Waals surface area contributed by atoms with Crippen LogP contribution in [0.15, 0.2) is 55.1 Å². The summed E-state index contributed by atoms with van der Waals surface area (Å²) in [5.41, 5.74) is -0.666. The molecule has 8 nitrogen and oxygen atoms in total. The van der Waals surface area contributed by atoms with Gasteiger partial charge in [0.1, 0.15) is 41.4 Å². The highest BCUT2D eigenvalue weighted by atomic mass is 35.5. The van der Waals surface area contributed by atoms with Crippen LogP contribution in [0.1, 0.15) is 28.7 Å². The zero-order valence-electron chi connectivity index (χ0n) is 19.2. The van der Waals surface area contributed by atoms with Gasteiger partial charge in [-0.3, -0.25) is 4.79 Å². The predicted octanol–water partition coefficient (Wildman–Crippen LogP) is 3.62. The molecule has 4 aromatic rings. The van der Waals surface area contributed by atoms with Crippen molar-refractivity contribution in [2.75, 3.05) is 0 Å². The molecule has 182 valence electrons. The second-order valence-corrected chi connectivity index (χ2v) is 8.71. The second-order valence-electron chi connectivity index (χ2n) is 8.27. The van der Waals surface area contributed by atoms with Crippen LogP contribution < -0.4 is 5.32 Å². The maximum Gasteiger partial charge on any atom is 0.270 e. The van der Waals surface area contributed by atoms with Crippen LogP contribution in [-0.2, 0) is 19.2 Å². The van der Waals surface area contributed by atoms with E-state index in [0.29, 0.717) is 22.6 Å². The molecular formula is C24H23ClF2N6O2. The molecule has 2 N–H and O–H groups in total. The van der Waals surface area contributed by atoms with Crippen LogP contribution in [0.4, 0.5) is 8.78 Å². The lowest BCUT2D eigenvalue weighted by Gasteiger charge is -2.35. The minimum Gasteiger partial charge on any atom is -0.381 e. The summed E-state index contributed by atoms with van der Waals surface area (Å²) in [6.45, 7) is 2.99. The Morgan fingerprint density at radius 1 is 1.23 bits per heavy atom. The molecule has 2 atom stereocenters. The summed E-state index contributed by atoms with van der Waals surface area (Å²) in [6.07, 6.45) is 2.62. The Morgan fingerprint density at radius 2 is 1.94 bits per heavy atom.